The molecule has 0 bridgehead atoms. The van der Waals surface area contributed by atoms with Gasteiger partial charge in [0.15, 0.2) is 0 Å². The fraction of sp³-hybridized carbons (Fsp3) is 0.250. The number of nitrogens with one attached hydrogen (secondary N) is 1. The van der Waals surface area contributed by atoms with Gasteiger partial charge in [0.05, 0.1) is 11.7 Å². The Morgan fingerprint density at radius 3 is 2.91 bits per heavy atom. The Hall–Kier alpha value is -2.35. The Labute approximate surface area is 131 Å². The van der Waals surface area contributed by atoms with Gasteiger partial charge in [0.2, 0.25) is 0 Å². The van der Waals surface area contributed by atoms with Gasteiger partial charge in [-0.1, -0.05) is 44.4 Å². The zero-order valence-electron chi connectivity index (χ0n) is 13.1. The highest BCUT2D eigenvalue weighted by Gasteiger charge is 2.08. The highest BCUT2D eigenvalue weighted by molar-refractivity contribution is 5.82. The van der Waals surface area contributed by atoms with Gasteiger partial charge in [-0.15, -0.1) is 0 Å². The molecule has 1 heterocycles. The summed E-state index contributed by atoms with van der Waals surface area (Å²) >= 11 is 0. The second kappa shape index (κ2) is 6.18. The fourth-order valence-corrected chi connectivity index (χ4v) is 2.83. The number of aromatic nitrogens is 2. The van der Waals surface area contributed by atoms with E-state index in [4.69, 9.17) is 0 Å². The summed E-state index contributed by atoms with van der Waals surface area (Å²) in [4.78, 5) is 0. The van der Waals surface area contributed by atoms with Crippen molar-refractivity contribution in [2.45, 2.75) is 26.2 Å². The van der Waals surface area contributed by atoms with Gasteiger partial charge in [-0.05, 0) is 59.6 Å². The van der Waals surface area contributed by atoms with E-state index in [0.717, 1.165) is 35.7 Å². The first-order valence-electron chi connectivity index (χ1n) is 7.81. The van der Waals surface area contributed by atoms with E-state index in [1.807, 2.05) is 6.20 Å². The molecule has 0 saturated carbocycles. The van der Waals surface area contributed by atoms with Crippen LogP contribution in [0.2, 0.25) is 0 Å². The Balaban J connectivity index is 1.64. The topological polar surface area (TPSA) is 28.7 Å². The third-order valence-corrected chi connectivity index (χ3v) is 4.25. The molecule has 2 nitrogen and oxygen atoms in total. The van der Waals surface area contributed by atoms with Crippen LogP contribution in [0.4, 0.5) is 0 Å². The van der Waals surface area contributed by atoms with Crippen LogP contribution in [0.15, 0.2) is 66.9 Å². The number of aromatic amines is 1. The second-order valence-electron chi connectivity index (χ2n) is 6.12. The molecule has 0 amide bonds. The summed E-state index contributed by atoms with van der Waals surface area (Å²) in [6, 6.07) is 6.31. The van der Waals surface area contributed by atoms with Crippen LogP contribution in [0.25, 0.3) is 16.5 Å². The van der Waals surface area contributed by atoms with Crippen molar-refractivity contribution in [3.05, 3.63) is 72.5 Å². The lowest BCUT2D eigenvalue weighted by molar-refractivity contribution is 0.729. The molecule has 2 heteroatoms. The minimum atomic E-state index is 0.614. The van der Waals surface area contributed by atoms with Crippen molar-refractivity contribution >= 4 is 16.5 Å². The molecule has 0 saturated heterocycles. The summed E-state index contributed by atoms with van der Waals surface area (Å²) in [5, 5.41) is 8.16. The third-order valence-electron chi connectivity index (χ3n) is 4.25. The minimum absolute atomic E-state index is 0.614. The number of nitrogens with zero attached hydrogens (tertiary/aromatic N) is 1. The minimum Gasteiger partial charge on any atom is -0.278 e. The lowest BCUT2D eigenvalue weighted by Crippen LogP contribution is -1.97. The first-order valence-corrected chi connectivity index (χ1v) is 7.81. The first kappa shape index (κ1) is 14.6. The van der Waals surface area contributed by atoms with Crippen molar-refractivity contribution < 1.29 is 0 Å². The molecular formula is C20H22N2. The van der Waals surface area contributed by atoms with E-state index in [9.17, 15) is 0 Å². The van der Waals surface area contributed by atoms with Crippen LogP contribution < -0.4 is 0 Å². The monoisotopic (exact) mass is 290 g/mol. The van der Waals surface area contributed by atoms with Gasteiger partial charge in [-0.3, -0.25) is 5.10 Å². The van der Waals surface area contributed by atoms with Gasteiger partial charge in [0, 0.05) is 5.39 Å². The predicted octanol–water partition coefficient (Wildman–Crippen LogP) is 5.43. The zero-order chi connectivity index (χ0) is 15.5. The SMILES string of the molecule is C=C(CCC(=C)c1ccc2[nH]ncc2c1)C1=CC(C)CC=C1. The summed E-state index contributed by atoms with van der Waals surface area (Å²) in [5.74, 6) is 0.614. The molecule has 3 rings (SSSR count). The molecule has 1 aliphatic rings. The first-order chi connectivity index (χ1) is 10.6. The van der Waals surface area contributed by atoms with Crippen LogP contribution in [0.3, 0.4) is 0 Å². The van der Waals surface area contributed by atoms with Crippen LogP contribution in [0.1, 0.15) is 31.7 Å². The Morgan fingerprint density at radius 1 is 1.27 bits per heavy atom. The van der Waals surface area contributed by atoms with Crippen LogP contribution in [0.5, 0.6) is 0 Å². The van der Waals surface area contributed by atoms with E-state index in [0.29, 0.717) is 5.92 Å². The normalized spacial score (nSPS) is 17.5. The third kappa shape index (κ3) is 3.11. The number of fused-ring (bicyclic) bond motifs is 1. The Morgan fingerprint density at radius 2 is 2.09 bits per heavy atom. The molecule has 2 aromatic rings. The van der Waals surface area contributed by atoms with E-state index < -0.39 is 0 Å². The molecule has 0 radical (unpaired) electrons. The van der Waals surface area contributed by atoms with Gasteiger partial charge in [0.25, 0.3) is 0 Å². The highest BCUT2D eigenvalue weighted by atomic mass is 15.1. The van der Waals surface area contributed by atoms with Crippen LogP contribution >= 0.6 is 0 Å². The maximum Gasteiger partial charge on any atom is 0.0650 e. The zero-order valence-corrected chi connectivity index (χ0v) is 13.1. The van der Waals surface area contributed by atoms with E-state index in [1.54, 1.807) is 0 Å². The predicted molar refractivity (Wildman–Crippen MR) is 94.5 cm³/mol. The molecular weight excluding hydrogens is 268 g/mol. The summed E-state index contributed by atoms with van der Waals surface area (Å²) < 4.78 is 0. The molecule has 1 aliphatic carbocycles. The van der Waals surface area contributed by atoms with Crippen molar-refractivity contribution in [3.8, 4) is 0 Å². The van der Waals surface area contributed by atoms with Gasteiger partial charge >= 0.3 is 0 Å². The molecule has 112 valence electrons. The second-order valence-corrected chi connectivity index (χ2v) is 6.12. The van der Waals surface area contributed by atoms with Crippen molar-refractivity contribution in [2.24, 2.45) is 5.92 Å². The van der Waals surface area contributed by atoms with E-state index in [2.05, 4.69) is 66.7 Å². The number of rotatable bonds is 5. The van der Waals surface area contributed by atoms with Gasteiger partial charge in [-0.25, -0.2) is 0 Å². The summed E-state index contributed by atoms with van der Waals surface area (Å²) in [6.07, 6.45) is 11.6. The van der Waals surface area contributed by atoms with Crippen molar-refractivity contribution in [2.75, 3.05) is 0 Å². The molecule has 0 fully saturated rings. The quantitative estimate of drug-likeness (QED) is 0.781. The van der Waals surface area contributed by atoms with Gasteiger partial charge in [-0.2, -0.15) is 5.10 Å². The average molecular weight is 290 g/mol. The molecule has 1 atom stereocenters. The van der Waals surface area contributed by atoms with Gasteiger partial charge in [0.1, 0.15) is 0 Å². The Bertz CT molecular complexity index is 774. The number of hydrogen-bond acceptors (Lipinski definition) is 1. The average Bonchev–Trinajstić information content (AvgIpc) is 2.99. The molecule has 0 aliphatic heterocycles. The number of allylic oxidation sites excluding steroid dienone is 6. The molecule has 1 N–H and O–H groups in total. The highest BCUT2D eigenvalue weighted by Crippen LogP contribution is 2.27. The van der Waals surface area contributed by atoms with Crippen LogP contribution in [-0.2, 0) is 0 Å². The smallest absolute Gasteiger partial charge is 0.0650 e. The lowest BCUT2D eigenvalue weighted by Gasteiger charge is -2.15. The van der Waals surface area contributed by atoms with E-state index >= 15 is 0 Å². The van der Waals surface area contributed by atoms with Crippen molar-refractivity contribution in [1.82, 2.24) is 10.2 Å². The largest absolute Gasteiger partial charge is 0.278 e. The van der Waals surface area contributed by atoms with E-state index in [1.165, 1.54) is 16.7 Å². The molecule has 1 aromatic carbocycles. The number of benzene rings is 1. The van der Waals surface area contributed by atoms with Crippen LogP contribution in [-0.4, -0.2) is 10.2 Å². The number of hydrogen-bond donors (Lipinski definition) is 1. The maximum atomic E-state index is 4.24. The molecule has 1 unspecified atom stereocenters. The summed E-state index contributed by atoms with van der Waals surface area (Å²) in [5.41, 5.74) is 5.89. The van der Waals surface area contributed by atoms with Crippen molar-refractivity contribution in [1.29, 1.82) is 0 Å². The fourth-order valence-electron chi connectivity index (χ4n) is 2.83. The maximum absolute atomic E-state index is 4.24. The molecule has 22 heavy (non-hydrogen) atoms. The lowest BCUT2D eigenvalue weighted by atomic mass is 9.90. The van der Waals surface area contributed by atoms with Crippen molar-refractivity contribution in [3.63, 3.8) is 0 Å². The van der Waals surface area contributed by atoms with Crippen LogP contribution in [0, 0.1) is 5.92 Å². The standard InChI is InChI=1S/C20H22N2/c1-14-5-4-6-17(11-14)15(2)7-8-16(3)18-9-10-20-19(12-18)13-21-22-20/h4,6,9-14H,2-3,5,7-8H2,1H3,(H,21,22). The summed E-state index contributed by atoms with van der Waals surface area (Å²) in [7, 11) is 0. The van der Waals surface area contributed by atoms with E-state index in [-0.39, 0.29) is 0 Å². The number of H-pyrrole nitrogens is 1. The van der Waals surface area contributed by atoms with Gasteiger partial charge < -0.3 is 0 Å². The Kier molecular flexibility index (Phi) is 4.10. The summed E-state index contributed by atoms with van der Waals surface area (Å²) in [6.45, 7) is 10.7. The molecule has 0 spiro atoms. The molecule has 1 aromatic heterocycles.